The molecule has 0 unspecified atom stereocenters. The van der Waals surface area contributed by atoms with Crippen LogP contribution in [0.4, 0.5) is 0 Å². The fourth-order valence-electron chi connectivity index (χ4n) is 0.122. The minimum absolute atomic E-state index is 0.215. The molecule has 8 heavy (non-hydrogen) atoms. The maximum atomic E-state index is 9.66. The van der Waals surface area contributed by atoms with Gasteiger partial charge < -0.3 is 0 Å². The van der Waals surface area contributed by atoms with Crippen molar-refractivity contribution in [3.05, 3.63) is 12.7 Å². The van der Waals surface area contributed by atoms with Crippen molar-refractivity contribution in [3.63, 3.8) is 0 Å². The Morgan fingerprint density at radius 2 is 2.00 bits per heavy atom. The Hall–Kier alpha value is 0.310. The molecule has 48 valence electrons. The van der Waals surface area contributed by atoms with Crippen LogP contribution in [-0.4, -0.2) is 6.61 Å². The van der Waals surface area contributed by atoms with Crippen LogP contribution < -0.4 is 30.4 Å². The summed E-state index contributed by atoms with van der Waals surface area (Å²) in [5, 5.41) is 0. The van der Waals surface area contributed by atoms with E-state index in [0.717, 1.165) is 0 Å². The van der Waals surface area contributed by atoms with Gasteiger partial charge in [0, 0.05) is 3.07 Å². The Labute approximate surface area is 53.1 Å². The van der Waals surface area contributed by atoms with Gasteiger partial charge in [0.2, 0.25) is 0 Å². The summed E-state index contributed by atoms with van der Waals surface area (Å²) in [5.74, 6) is 0. The van der Waals surface area contributed by atoms with Crippen molar-refractivity contribution >= 4 is 0 Å². The molecule has 0 aliphatic rings. The molecule has 0 saturated carbocycles. The molecule has 0 heterocycles. The first-order chi connectivity index (χ1) is 3.56. The highest BCUT2D eigenvalue weighted by molar-refractivity contribution is 4.61. The van der Waals surface area contributed by atoms with Gasteiger partial charge >= 0.3 is 20.1 Å². The van der Waals surface area contributed by atoms with Gasteiger partial charge in [0.05, 0.1) is 0 Å². The fourth-order valence-corrected chi connectivity index (χ4v) is 0.816. The molecule has 0 atom stereocenters. The van der Waals surface area contributed by atoms with E-state index in [-0.39, 0.29) is 6.61 Å². The molecule has 0 amide bonds. The smallest absolute Gasteiger partial charge is 0.256 e. The second-order valence-corrected chi connectivity index (χ2v) is 3.72. The van der Waals surface area contributed by atoms with Crippen molar-refractivity contribution in [3.8, 4) is 0 Å². The predicted molar refractivity (Wildman–Crippen MR) is 16.1 cm³/mol. The minimum Gasteiger partial charge on any atom is -0.256 e. The Morgan fingerprint density at radius 3 is 2.12 bits per heavy atom. The molecule has 0 fully saturated rings. The molecule has 0 aromatic heterocycles. The van der Waals surface area contributed by atoms with E-state index >= 15 is 0 Å². The summed E-state index contributed by atoms with van der Waals surface area (Å²) in [6, 6.07) is 0. The summed E-state index contributed by atoms with van der Waals surface area (Å²) in [7, 11) is 0. The van der Waals surface area contributed by atoms with Gasteiger partial charge in [0.25, 0.3) is 0 Å². The Bertz CT molecular complexity index is 75.8. The molecule has 0 bridgehead atoms. The van der Waals surface area contributed by atoms with Gasteiger partial charge in [-0.1, -0.05) is 6.08 Å². The fraction of sp³-hybridized carbons (Fsp3) is 0.333. The van der Waals surface area contributed by atoms with Crippen molar-refractivity contribution in [1.82, 2.24) is 0 Å². The number of halogens is 1. The van der Waals surface area contributed by atoms with Crippen LogP contribution in [0.25, 0.3) is 0 Å². The molecular weight excluding hydrogens is 227 g/mol. The van der Waals surface area contributed by atoms with Crippen molar-refractivity contribution in [2.75, 3.05) is 6.61 Å². The van der Waals surface area contributed by atoms with E-state index in [1.165, 1.54) is 6.08 Å². The minimum atomic E-state index is -5.36. The molecule has 0 N–H and O–H groups in total. The van der Waals surface area contributed by atoms with Gasteiger partial charge in [-0.2, -0.15) is 0 Å². The number of hydrogen-bond donors (Lipinski definition) is 0. The van der Waals surface area contributed by atoms with Gasteiger partial charge in [0.1, 0.15) is 0 Å². The highest BCUT2D eigenvalue weighted by Gasteiger charge is 2.23. The first kappa shape index (κ1) is 8.31. The monoisotopic (exact) mass is 232 g/mol. The third-order valence-corrected chi connectivity index (χ3v) is 1.44. The van der Waals surface area contributed by atoms with Crippen molar-refractivity contribution in [2.24, 2.45) is 0 Å². The second kappa shape index (κ2) is 3.36. The van der Waals surface area contributed by atoms with E-state index in [2.05, 4.69) is 9.65 Å². The van der Waals surface area contributed by atoms with E-state index in [9.17, 15) is 10.3 Å². The quantitative estimate of drug-likeness (QED) is 0.358. The van der Waals surface area contributed by atoms with Crippen LogP contribution in [0.3, 0.4) is 0 Å². The maximum Gasteiger partial charge on any atom is 0.373 e. The van der Waals surface area contributed by atoms with Crippen LogP contribution in [0, 0.1) is 0 Å². The van der Waals surface area contributed by atoms with E-state index in [1.807, 2.05) is 0 Å². The van der Waals surface area contributed by atoms with Crippen molar-refractivity contribution in [1.29, 1.82) is 0 Å². The van der Waals surface area contributed by atoms with Crippen LogP contribution in [0.15, 0.2) is 12.7 Å². The zero-order valence-electron chi connectivity index (χ0n) is 4.00. The molecule has 0 radical (unpaired) electrons. The topological polar surface area (TPSA) is 78.4 Å². The summed E-state index contributed by atoms with van der Waals surface area (Å²) < 4.78 is 32.8. The Morgan fingerprint density at radius 1 is 1.50 bits per heavy atom. The van der Waals surface area contributed by atoms with Gasteiger partial charge in [-0.25, -0.2) is 0 Å². The van der Waals surface area contributed by atoms with E-state index in [1.54, 1.807) is 0 Å². The van der Waals surface area contributed by atoms with Gasteiger partial charge in [-0.3, -0.25) is 10.3 Å². The third-order valence-electron chi connectivity index (χ3n) is 0.314. The van der Waals surface area contributed by atoms with Gasteiger partial charge in [-0.15, -0.1) is 6.58 Å². The highest BCUT2D eigenvalue weighted by Crippen LogP contribution is 1.54. The maximum absolute atomic E-state index is 9.66. The summed E-state index contributed by atoms with van der Waals surface area (Å²) >= 11 is -5.36. The summed E-state index contributed by atoms with van der Waals surface area (Å²) in [6.45, 7) is 2.94. The van der Waals surface area contributed by atoms with Crippen LogP contribution in [-0.2, 0) is 3.07 Å². The Kier molecular flexibility index (Phi) is 3.49. The molecule has 0 aliphatic heterocycles. The lowest BCUT2D eigenvalue weighted by Crippen LogP contribution is -4.24. The summed E-state index contributed by atoms with van der Waals surface area (Å²) in [4.78, 5) is 0. The molecule has 5 heteroatoms. The normalized spacial score (nSPS) is 11.4. The first-order valence-electron chi connectivity index (χ1n) is 1.72. The number of rotatable bonds is 3. The molecule has 0 saturated heterocycles. The molecule has 0 aromatic rings. The second-order valence-electron chi connectivity index (χ2n) is 0.942. The third kappa shape index (κ3) is 6.31. The molecule has 0 aliphatic carbocycles. The molecule has 0 spiro atoms. The SMILES string of the molecule is C=CCO[I+3]([O-])([O-])[O-]. The number of hydrogen-bond acceptors (Lipinski definition) is 4. The molecule has 4 nitrogen and oxygen atoms in total. The van der Waals surface area contributed by atoms with Crippen LogP contribution in [0.2, 0.25) is 0 Å². The van der Waals surface area contributed by atoms with Gasteiger partial charge in [-0.05, 0) is 0 Å². The van der Waals surface area contributed by atoms with E-state index < -0.39 is 20.1 Å². The van der Waals surface area contributed by atoms with Crippen molar-refractivity contribution < 1.29 is 33.5 Å². The lowest BCUT2D eigenvalue weighted by molar-refractivity contribution is -1.92. The zero-order valence-corrected chi connectivity index (χ0v) is 6.16. The van der Waals surface area contributed by atoms with Crippen LogP contribution >= 0.6 is 0 Å². The lowest BCUT2D eigenvalue weighted by Gasteiger charge is -2.02. The predicted octanol–water partition coefficient (Wildman–Crippen LogP) is -5.91. The Balaban J connectivity index is 3.24. The molecular formula is C3H5IO4. The molecule has 0 aromatic carbocycles. The molecule has 0 rings (SSSR count). The van der Waals surface area contributed by atoms with Crippen molar-refractivity contribution in [2.45, 2.75) is 0 Å². The van der Waals surface area contributed by atoms with E-state index in [4.69, 9.17) is 0 Å². The first-order valence-corrected chi connectivity index (χ1v) is 5.25. The zero-order chi connectivity index (χ0) is 6.62. The summed E-state index contributed by atoms with van der Waals surface area (Å²) in [6.07, 6.45) is 1.20. The highest BCUT2D eigenvalue weighted by atomic mass is 127. The largest absolute Gasteiger partial charge is 0.373 e. The van der Waals surface area contributed by atoms with E-state index in [0.29, 0.717) is 0 Å². The average Bonchev–Trinajstić information content (AvgIpc) is 1.59. The summed E-state index contributed by atoms with van der Waals surface area (Å²) in [5.41, 5.74) is 0. The average molecular weight is 232 g/mol. The lowest BCUT2D eigenvalue weighted by atomic mass is 10.7. The standard InChI is InChI=1S/C3H5IO4/c1-2-3-8-4(5,6)7/h2H,1,3H2. The van der Waals surface area contributed by atoms with Crippen LogP contribution in [0.1, 0.15) is 0 Å². The van der Waals surface area contributed by atoms with Gasteiger partial charge in [0.15, 0.2) is 6.61 Å². The van der Waals surface area contributed by atoms with Crippen LogP contribution in [0.5, 0.6) is 0 Å².